The summed E-state index contributed by atoms with van der Waals surface area (Å²) in [6.07, 6.45) is 1.59. The van der Waals surface area contributed by atoms with Crippen LogP contribution in [0.15, 0.2) is 48.5 Å². The van der Waals surface area contributed by atoms with Gasteiger partial charge in [-0.3, -0.25) is 0 Å². The summed E-state index contributed by atoms with van der Waals surface area (Å²) in [5.41, 5.74) is 2.15. The molecule has 2 aromatic carbocycles. The number of carboxylic acid groups (broad SMARTS) is 2. The van der Waals surface area contributed by atoms with Gasteiger partial charge in [0.2, 0.25) is 0 Å². The fourth-order valence-electron chi connectivity index (χ4n) is 4.56. The Morgan fingerprint density at radius 3 is 2.57 bits per heavy atom. The molecule has 10 heteroatoms. The number of halogens is 1. The molecule has 1 aliphatic heterocycles. The minimum atomic E-state index is -1.82. The van der Waals surface area contributed by atoms with Crippen molar-refractivity contribution in [3.63, 3.8) is 0 Å². The van der Waals surface area contributed by atoms with Gasteiger partial charge in [-0.25, -0.2) is 14.0 Å². The first-order valence-electron chi connectivity index (χ1n) is 12.0. The average Bonchev–Trinajstić information content (AvgIpc) is 3.46. The van der Waals surface area contributed by atoms with Gasteiger partial charge in [-0.1, -0.05) is 12.1 Å². The van der Waals surface area contributed by atoms with E-state index < -0.39 is 18.0 Å². The molecule has 196 valence electrons. The Morgan fingerprint density at radius 2 is 1.86 bits per heavy atom. The molecule has 1 saturated heterocycles. The molecule has 5 rings (SSSR count). The summed E-state index contributed by atoms with van der Waals surface area (Å²) in [5.74, 6) is -2.50. The van der Waals surface area contributed by atoms with Gasteiger partial charge in [0.25, 0.3) is 0 Å². The Kier molecular flexibility index (Phi) is 8.42. The van der Waals surface area contributed by atoms with Crippen molar-refractivity contribution in [2.45, 2.75) is 31.8 Å². The van der Waals surface area contributed by atoms with E-state index in [0.29, 0.717) is 12.5 Å². The van der Waals surface area contributed by atoms with Crippen molar-refractivity contribution in [3.05, 3.63) is 64.9 Å². The molecular weight excluding hydrogens is 499 g/mol. The number of piperidine rings is 1. The summed E-state index contributed by atoms with van der Waals surface area (Å²) in [4.78, 5) is 25.2. The molecule has 0 spiro atoms. The van der Waals surface area contributed by atoms with Gasteiger partial charge in [0, 0.05) is 32.7 Å². The minimum absolute atomic E-state index is 0.171. The number of benzene rings is 2. The van der Waals surface area contributed by atoms with E-state index in [1.54, 1.807) is 17.4 Å². The summed E-state index contributed by atoms with van der Waals surface area (Å²) in [5, 5.41) is 27.5. The maximum absolute atomic E-state index is 13.5. The molecule has 0 saturated carbocycles. The number of likely N-dealkylation sites (tertiary alicyclic amines) is 1. The molecule has 1 atom stereocenters. The van der Waals surface area contributed by atoms with E-state index in [9.17, 15) is 9.50 Å². The standard InChI is InChI=1S/C25H27FN2O2S.C2H2O4/c1-16-11-21-22(27-16)3-2-4-23(21)30-15-20(29)14-28-9-7-17(8-10-28)24-12-18-5-6-19(26)13-25(18)31-24;3-1(4)2(5)6/h2-6,11-13,17,20,27,29H,7-10,14-15H2,1H3;(H,3,4)(H,5,6)/t20-;/m0./s1. The number of hydrogen-bond donors (Lipinski definition) is 4. The second kappa shape index (κ2) is 11.7. The molecule has 4 aromatic rings. The number of aliphatic hydroxyl groups is 1. The summed E-state index contributed by atoms with van der Waals surface area (Å²) < 4.78 is 20.4. The molecule has 0 unspecified atom stereocenters. The predicted molar refractivity (Wildman–Crippen MR) is 140 cm³/mol. The smallest absolute Gasteiger partial charge is 0.414 e. The van der Waals surface area contributed by atoms with Crippen LogP contribution >= 0.6 is 11.3 Å². The number of β-amino-alcohol motifs (C(OH)–C–C–N with tert-alkyl or cyclic N) is 1. The van der Waals surface area contributed by atoms with Crippen LogP contribution in [-0.2, 0) is 9.59 Å². The van der Waals surface area contributed by atoms with E-state index in [4.69, 9.17) is 24.5 Å². The van der Waals surface area contributed by atoms with Crippen molar-refractivity contribution in [1.29, 1.82) is 0 Å². The number of carbonyl (C=O) groups is 2. The molecule has 37 heavy (non-hydrogen) atoms. The number of hydrogen-bond acceptors (Lipinski definition) is 6. The topological polar surface area (TPSA) is 123 Å². The zero-order valence-corrected chi connectivity index (χ0v) is 21.1. The Labute approximate surface area is 216 Å². The highest BCUT2D eigenvalue weighted by Crippen LogP contribution is 2.36. The number of aromatic nitrogens is 1. The van der Waals surface area contributed by atoms with E-state index in [-0.39, 0.29) is 12.4 Å². The van der Waals surface area contributed by atoms with Gasteiger partial charge in [-0.05, 0) is 80.6 Å². The first kappa shape index (κ1) is 26.6. The molecule has 0 amide bonds. The van der Waals surface area contributed by atoms with Crippen LogP contribution in [0.25, 0.3) is 21.0 Å². The van der Waals surface area contributed by atoms with Crippen LogP contribution in [-0.4, -0.2) is 69.5 Å². The number of aliphatic carboxylic acids is 2. The lowest BCUT2D eigenvalue weighted by Crippen LogP contribution is -2.40. The molecule has 0 radical (unpaired) electrons. The summed E-state index contributed by atoms with van der Waals surface area (Å²) in [6, 6.07) is 15.3. The Hall–Kier alpha value is -3.47. The number of aliphatic hydroxyl groups excluding tert-OH is 1. The quantitative estimate of drug-likeness (QED) is 0.270. The second-order valence-electron chi connectivity index (χ2n) is 9.15. The third kappa shape index (κ3) is 6.85. The SMILES string of the molecule is Cc1cc2c(OC[C@@H](O)CN3CCC(c4cc5ccc(F)cc5s4)CC3)cccc2[nH]1.O=C(O)C(=O)O. The van der Waals surface area contributed by atoms with E-state index in [1.807, 2.05) is 31.2 Å². The van der Waals surface area contributed by atoms with Gasteiger partial charge in [-0.15, -0.1) is 11.3 Å². The van der Waals surface area contributed by atoms with Gasteiger partial charge < -0.3 is 29.9 Å². The molecule has 2 aromatic heterocycles. The number of carboxylic acids is 2. The maximum Gasteiger partial charge on any atom is 0.414 e. The lowest BCUT2D eigenvalue weighted by molar-refractivity contribution is -0.159. The van der Waals surface area contributed by atoms with Gasteiger partial charge in [-0.2, -0.15) is 0 Å². The van der Waals surface area contributed by atoms with E-state index >= 15 is 0 Å². The molecule has 1 fully saturated rings. The van der Waals surface area contributed by atoms with Crippen LogP contribution in [0.5, 0.6) is 5.75 Å². The fourth-order valence-corrected chi connectivity index (χ4v) is 5.81. The van der Waals surface area contributed by atoms with E-state index in [0.717, 1.165) is 58.4 Å². The highest BCUT2D eigenvalue weighted by molar-refractivity contribution is 7.19. The number of aryl methyl sites for hydroxylation is 1. The van der Waals surface area contributed by atoms with Crippen molar-refractivity contribution in [2.75, 3.05) is 26.2 Å². The fraction of sp³-hybridized carbons (Fsp3) is 0.333. The van der Waals surface area contributed by atoms with Gasteiger partial charge in [0.05, 0.1) is 0 Å². The van der Waals surface area contributed by atoms with Crippen LogP contribution in [0.4, 0.5) is 4.39 Å². The zero-order valence-electron chi connectivity index (χ0n) is 20.3. The first-order chi connectivity index (χ1) is 17.7. The van der Waals surface area contributed by atoms with Crippen molar-refractivity contribution in [2.24, 2.45) is 0 Å². The Balaban J connectivity index is 0.000000480. The lowest BCUT2D eigenvalue weighted by atomic mass is 9.95. The Morgan fingerprint density at radius 1 is 1.14 bits per heavy atom. The van der Waals surface area contributed by atoms with Gasteiger partial charge >= 0.3 is 11.9 Å². The molecule has 0 bridgehead atoms. The van der Waals surface area contributed by atoms with Crippen LogP contribution < -0.4 is 4.74 Å². The van der Waals surface area contributed by atoms with Crippen molar-refractivity contribution >= 4 is 44.3 Å². The van der Waals surface area contributed by atoms with E-state index in [1.165, 1.54) is 10.9 Å². The largest absolute Gasteiger partial charge is 0.490 e. The molecular formula is C27H29FN2O6S. The monoisotopic (exact) mass is 528 g/mol. The molecule has 3 heterocycles. The molecule has 1 aliphatic rings. The molecule has 0 aliphatic carbocycles. The van der Waals surface area contributed by atoms with Crippen LogP contribution in [0.2, 0.25) is 0 Å². The predicted octanol–water partition coefficient (Wildman–Crippen LogP) is 4.61. The van der Waals surface area contributed by atoms with Crippen molar-refractivity contribution in [3.8, 4) is 5.75 Å². The first-order valence-corrected chi connectivity index (χ1v) is 12.8. The number of aromatic amines is 1. The second-order valence-corrected chi connectivity index (χ2v) is 10.3. The van der Waals surface area contributed by atoms with Crippen LogP contribution in [0.3, 0.4) is 0 Å². The van der Waals surface area contributed by atoms with Gasteiger partial charge in [0.1, 0.15) is 24.3 Å². The number of nitrogens with one attached hydrogen (secondary N) is 1. The van der Waals surface area contributed by atoms with Crippen molar-refractivity contribution in [1.82, 2.24) is 9.88 Å². The third-order valence-electron chi connectivity index (χ3n) is 6.33. The Bertz CT molecular complexity index is 1380. The number of rotatable bonds is 6. The molecule has 8 nitrogen and oxygen atoms in total. The minimum Gasteiger partial charge on any atom is -0.490 e. The normalized spacial score (nSPS) is 15.3. The zero-order chi connectivity index (χ0) is 26.5. The highest BCUT2D eigenvalue weighted by atomic mass is 32.1. The molecule has 4 N–H and O–H groups in total. The summed E-state index contributed by atoms with van der Waals surface area (Å²) >= 11 is 1.71. The van der Waals surface area contributed by atoms with E-state index in [2.05, 4.69) is 22.0 Å². The van der Waals surface area contributed by atoms with Crippen molar-refractivity contribution < 1.29 is 34.0 Å². The number of H-pyrrole nitrogens is 1. The lowest BCUT2D eigenvalue weighted by Gasteiger charge is -2.32. The number of fused-ring (bicyclic) bond motifs is 2. The maximum atomic E-state index is 13.5. The number of nitrogens with zero attached hydrogens (tertiary/aromatic N) is 1. The van der Waals surface area contributed by atoms with Crippen LogP contribution in [0, 0.1) is 12.7 Å². The number of thiophene rings is 1. The number of ether oxygens (including phenoxy) is 1. The average molecular weight is 529 g/mol. The summed E-state index contributed by atoms with van der Waals surface area (Å²) in [7, 11) is 0. The highest BCUT2D eigenvalue weighted by Gasteiger charge is 2.24. The van der Waals surface area contributed by atoms with Crippen LogP contribution in [0.1, 0.15) is 29.3 Å². The van der Waals surface area contributed by atoms with Gasteiger partial charge in [0.15, 0.2) is 0 Å². The third-order valence-corrected chi connectivity index (χ3v) is 7.59. The summed E-state index contributed by atoms with van der Waals surface area (Å²) in [6.45, 7) is 4.84.